The molecule has 0 radical (unpaired) electrons. The summed E-state index contributed by atoms with van der Waals surface area (Å²) in [4.78, 5) is 61.1. The predicted molar refractivity (Wildman–Crippen MR) is 189 cm³/mol. The number of benzene rings is 3. The van der Waals surface area contributed by atoms with Crippen molar-refractivity contribution in [2.75, 3.05) is 7.11 Å². The molecule has 5 rings (SSSR count). The molecule has 10 nitrogen and oxygen atoms in total. The Kier molecular flexibility index (Phi) is 10.6. The van der Waals surface area contributed by atoms with Crippen molar-refractivity contribution in [2.45, 2.75) is 75.7 Å². The molecule has 50 heavy (non-hydrogen) atoms. The van der Waals surface area contributed by atoms with Gasteiger partial charge in [0.05, 0.1) is 18.2 Å². The SMILES string of the molecule is CCc1c(C)c(C(=O)Oc2cc(C)c3c(=O)c3c2C)c(C)c(C)c1OC(=O)C1C=CC(=O)C=C1OC.Cc1c(C)c(C(=O)O)c(C)c(C)c1O. The van der Waals surface area contributed by atoms with Crippen molar-refractivity contribution in [3.05, 3.63) is 107 Å². The summed E-state index contributed by atoms with van der Waals surface area (Å²) in [7, 11) is 1.40. The summed E-state index contributed by atoms with van der Waals surface area (Å²) in [6.07, 6.45) is 4.54. The van der Waals surface area contributed by atoms with E-state index < -0.39 is 23.8 Å². The number of aromatic carboxylic acids is 1. The van der Waals surface area contributed by atoms with Gasteiger partial charge in [-0.2, -0.15) is 0 Å². The molecule has 0 bridgehead atoms. The maximum atomic E-state index is 13.4. The number of hydrogen-bond donors (Lipinski definition) is 2. The lowest BCUT2D eigenvalue weighted by atomic mass is 9.91. The minimum absolute atomic E-state index is 0.00130. The number of fused-ring (bicyclic) bond motifs is 1. The van der Waals surface area contributed by atoms with Crippen molar-refractivity contribution in [2.24, 2.45) is 5.92 Å². The number of methoxy groups -OCH3 is 1. The Bertz CT molecular complexity index is 2160. The standard InChI is InChI=1S/C29H28O7.C11H14O3/c1-8-19-16(5)24(29(33)35-21-11-13(2)23-25(17(21)6)26(23)31)14(3)15(4)27(19)36-28(32)20-10-9-18(30)12-22(20)34-7;1-5-7(3)10(12)8(4)6(2)9(5)11(13)14/h9-12,20H,8H2,1-7H3;12H,1-4H3,(H,13,14). The zero-order valence-electron chi connectivity index (χ0n) is 30.3. The Balaban J connectivity index is 0.000000337. The van der Waals surface area contributed by atoms with Crippen LogP contribution < -0.4 is 14.9 Å². The average molecular weight is 683 g/mol. The van der Waals surface area contributed by atoms with Gasteiger partial charge >= 0.3 is 17.9 Å². The summed E-state index contributed by atoms with van der Waals surface area (Å²) in [6, 6.07) is 1.72. The summed E-state index contributed by atoms with van der Waals surface area (Å²) in [5, 5.41) is 20.0. The Morgan fingerprint density at radius 2 is 1.34 bits per heavy atom. The summed E-state index contributed by atoms with van der Waals surface area (Å²) >= 11 is 0. The van der Waals surface area contributed by atoms with Gasteiger partial charge in [-0.1, -0.05) is 13.0 Å². The number of rotatable bonds is 7. The van der Waals surface area contributed by atoms with Crippen LogP contribution in [0.5, 0.6) is 17.2 Å². The first-order valence-corrected chi connectivity index (χ1v) is 16.1. The van der Waals surface area contributed by atoms with Gasteiger partial charge in [0.1, 0.15) is 28.9 Å². The molecule has 4 aromatic carbocycles. The van der Waals surface area contributed by atoms with Crippen LogP contribution in [0.25, 0.3) is 10.8 Å². The number of ketones is 1. The van der Waals surface area contributed by atoms with Crippen molar-refractivity contribution in [3.63, 3.8) is 0 Å². The van der Waals surface area contributed by atoms with Crippen molar-refractivity contribution in [1.29, 1.82) is 0 Å². The second-order valence-corrected chi connectivity index (χ2v) is 12.6. The number of carbonyl (C=O) groups excluding carboxylic acids is 3. The number of carboxylic acids is 1. The second kappa shape index (κ2) is 14.2. The van der Waals surface area contributed by atoms with Crippen LogP contribution >= 0.6 is 0 Å². The molecule has 0 heterocycles. The van der Waals surface area contributed by atoms with Crippen LogP contribution in [-0.2, 0) is 20.7 Å². The fourth-order valence-electron chi connectivity index (χ4n) is 6.44. The van der Waals surface area contributed by atoms with E-state index in [0.717, 1.165) is 5.56 Å². The first kappa shape index (κ1) is 37.3. The van der Waals surface area contributed by atoms with Gasteiger partial charge in [0.15, 0.2) is 11.2 Å². The zero-order chi connectivity index (χ0) is 37.5. The summed E-state index contributed by atoms with van der Waals surface area (Å²) in [6.45, 7) is 17.7. The van der Waals surface area contributed by atoms with Gasteiger partial charge in [-0.25, -0.2) is 9.59 Å². The van der Waals surface area contributed by atoms with E-state index >= 15 is 0 Å². The van der Waals surface area contributed by atoms with E-state index in [4.69, 9.17) is 19.3 Å². The minimum atomic E-state index is -0.939. The third-order valence-corrected chi connectivity index (χ3v) is 9.80. The van der Waals surface area contributed by atoms with E-state index in [1.807, 2.05) is 13.8 Å². The molecule has 10 heteroatoms. The van der Waals surface area contributed by atoms with Gasteiger partial charge in [-0.3, -0.25) is 14.4 Å². The molecular formula is C40H42O10. The highest BCUT2D eigenvalue weighted by Gasteiger charge is 2.31. The lowest BCUT2D eigenvalue weighted by Gasteiger charge is -2.23. The van der Waals surface area contributed by atoms with Crippen LogP contribution in [0.2, 0.25) is 0 Å². The summed E-state index contributed by atoms with van der Waals surface area (Å²) in [5.41, 5.74) is 7.34. The monoisotopic (exact) mass is 682 g/mol. The number of ether oxygens (including phenoxy) is 3. The van der Waals surface area contributed by atoms with Gasteiger partial charge in [0, 0.05) is 22.4 Å². The summed E-state index contributed by atoms with van der Waals surface area (Å²) in [5.74, 6) is -2.00. The van der Waals surface area contributed by atoms with Crippen LogP contribution in [0.4, 0.5) is 0 Å². The van der Waals surface area contributed by atoms with Crippen LogP contribution in [0, 0.1) is 68.2 Å². The molecule has 1 unspecified atom stereocenters. The van der Waals surface area contributed by atoms with Crippen LogP contribution in [-0.4, -0.2) is 41.0 Å². The van der Waals surface area contributed by atoms with Gasteiger partial charge in [-0.05, 0) is 131 Å². The maximum absolute atomic E-state index is 13.4. The summed E-state index contributed by atoms with van der Waals surface area (Å²) < 4.78 is 16.8. The molecule has 1 aliphatic rings. The largest absolute Gasteiger partial charge is 0.507 e. The molecule has 0 aliphatic heterocycles. The molecule has 0 spiro atoms. The van der Waals surface area contributed by atoms with Gasteiger partial charge in [0.25, 0.3) is 0 Å². The zero-order valence-corrected chi connectivity index (χ0v) is 30.3. The second-order valence-electron chi connectivity index (χ2n) is 12.6. The smallest absolute Gasteiger partial charge is 0.344 e. The fraction of sp³-hybridized carbons (Fsp3) is 0.325. The van der Waals surface area contributed by atoms with Crippen molar-refractivity contribution in [3.8, 4) is 17.2 Å². The van der Waals surface area contributed by atoms with E-state index in [1.165, 1.54) is 25.3 Å². The minimum Gasteiger partial charge on any atom is -0.507 e. The van der Waals surface area contributed by atoms with E-state index in [2.05, 4.69) is 0 Å². The Labute approximate surface area is 290 Å². The number of aryl methyl sites for hydroxylation is 2. The van der Waals surface area contributed by atoms with E-state index in [1.54, 1.807) is 61.5 Å². The quantitative estimate of drug-likeness (QED) is 0.155. The number of phenolic OH excluding ortho intramolecular Hbond substituents is 1. The molecule has 0 saturated carbocycles. The molecule has 262 valence electrons. The average Bonchev–Trinajstić information content (AvgIpc) is 3.75. The molecule has 0 aromatic heterocycles. The fourth-order valence-corrected chi connectivity index (χ4v) is 6.44. The Morgan fingerprint density at radius 3 is 1.88 bits per heavy atom. The first-order valence-electron chi connectivity index (χ1n) is 16.1. The number of esters is 2. The van der Waals surface area contributed by atoms with Gasteiger partial charge in [-0.15, -0.1) is 0 Å². The number of carbonyl (C=O) groups is 4. The highest BCUT2D eigenvalue weighted by atomic mass is 16.5. The number of phenols is 1. The van der Waals surface area contributed by atoms with Crippen LogP contribution in [0.15, 0.2) is 34.8 Å². The van der Waals surface area contributed by atoms with Crippen molar-refractivity contribution >= 4 is 34.5 Å². The van der Waals surface area contributed by atoms with E-state index in [0.29, 0.717) is 89.9 Å². The number of carboxylic acid groups (broad SMARTS) is 1. The molecular weight excluding hydrogens is 640 g/mol. The van der Waals surface area contributed by atoms with Crippen molar-refractivity contribution < 1.29 is 43.6 Å². The van der Waals surface area contributed by atoms with Crippen molar-refractivity contribution in [1.82, 2.24) is 0 Å². The first-order chi connectivity index (χ1) is 23.4. The lowest BCUT2D eigenvalue weighted by molar-refractivity contribution is -0.137. The lowest BCUT2D eigenvalue weighted by Crippen LogP contribution is -2.25. The van der Waals surface area contributed by atoms with Gasteiger partial charge in [0.2, 0.25) is 0 Å². The molecule has 1 atom stereocenters. The van der Waals surface area contributed by atoms with E-state index in [-0.39, 0.29) is 22.7 Å². The topological polar surface area (TPSA) is 154 Å². The highest BCUT2D eigenvalue weighted by molar-refractivity contribution is 6.05. The molecule has 2 N–H and O–H groups in total. The molecule has 0 amide bonds. The number of hydrogen-bond acceptors (Lipinski definition) is 9. The molecule has 1 aliphatic carbocycles. The normalized spacial score (nSPS) is 13.9. The number of allylic oxidation sites excluding steroid dienone is 2. The van der Waals surface area contributed by atoms with E-state index in [9.17, 15) is 29.1 Å². The highest BCUT2D eigenvalue weighted by Crippen LogP contribution is 2.37. The van der Waals surface area contributed by atoms with Crippen LogP contribution in [0.3, 0.4) is 0 Å². The Hall–Kier alpha value is -5.51. The third-order valence-electron chi connectivity index (χ3n) is 9.80. The molecule has 4 aromatic rings. The Morgan fingerprint density at radius 1 is 0.760 bits per heavy atom. The predicted octanol–water partition coefficient (Wildman–Crippen LogP) is 6.91. The molecule has 0 saturated heterocycles. The molecule has 0 fully saturated rings. The van der Waals surface area contributed by atoms with Gasteiger partial charge < -0.3 is 24.4 Å². The number of aromatic hydroxyl groups is 1. The maximum Gasteiger partial charge on any atom is 0.344 e. The van der Waals surface area contributed by atoms with Crippen LogP contribution in [0.1, 0.15) is 83.3 Å². The third kappa shape index (κ3) is 6.57.